The maximum Gasteiger partial charge on any atom is 0.409 e. The molecule has 0 bridgehead atoms. The number of fused-ring (bicyclic) bond motifs is 1. The molecule has 1 aliphatic carbocycles. The molecule has 0 spiro atoms. The molecule has 2 aromatic heterocycles. The summed E-state index contributed by atoms with van der Waals surface area (Å²) in [5.74, 6) is 1.51. The largest absolute Gasteiger partial charge is 0.450 e. The molecular weight excluding hydrogens is 414 g/mol. The third-order valence-electron chi connectivity index (χ3n) is 6.14. The Kier molecular flexibility index (Phi) is 5.22. The lowest BCUT2D eigenvalue weighted by molar-refractivity contribution is 0.100. The lowest BCUT2D eigenvalue weighted by atomic mass is 10.1. The van der Waals surface area contributed by atoms with Gasteiger partial charge < -0.3 is 19.1 Å². The van der Waals surface area contributed by atoms with Crippen LogP contribution in [0.5, 0.6) is 0 Å². The van der Waals surface area contributed by atoms with Crippen molar-refractivity contribution in [2.24, 2.45) is 0 Å². The van der Waals surface area contributed by atoms with Gasteiger partial charge in [-0.15, -0.1) is 0 Å². The van der Waals surface area contributed by atoms with Crippen molar-refractivity contribution in [1.29, 1.82) is 0 Å². The van der Waals surface area contributed by atoms with E-state index in [1.54, 1.807) is 11.2 Å². The summed E-state index contributed by atoms with van der Waals surface area (Å²) >= 11 is 6.10. The van der Waals surface area contributed by atoms with Crippen LogP contribution in [0, 0.1) is 0 Å². The molecule has 3 aromatic rings. The zero-order valence-electron chi connectivity index (χ0n) is 17.8. The minimum atomic E-state index is -0.241. The van der Waals surface area contributed by atoms with Crippen LogP contribution < -0.4 is 4.90 Å². The summed E-state index contributed by atoms with van der Waals surface area (Å²) in [6.07, 6.45) is 6.00. The monoisotopic (exact) mass is 439 g/mol. The first kappa shape index (κ1) is 20.1. The molecule has 162 valence electrons. The highest BCUT2D eigenvalue weighted by Crippen LogP contribution is 2.46. The van der Waals surface area contributed by atoms with Crippen LogP contribution in [0.1, 0.15) is 38.2 Å². The van der Waals surface area contributed by atoms with Crippen LogP contribution in [-0.4, -0.2) is 57.8 Å². The number of aromatic nitrogens is 3. The van der Waals surface area contributed by atoms with Crippen molar-refractivity contribution in [2.75, 3.05) is 31.1 Å². The molecular formula is C23H26ClN5O2. The minimum Gasteiger partial charge on any atom is -0.450 e. The summed E-state index contributed by atoms with van der Waals surface area (Å²) in [4.78, 5) is 25.7. The summed E-state index contributed by atoms with van der Waals surface area (Å²) in [5, 5.41) is 1.84. The Morgan fingerprint density at radius 3 is 2.65 bits per heavy atom. The molecule has 5 rings (SSSR count). The number of hydrogen-bond donors (Lipinski definition) is 0. The Balaban J connectivity index is 1.54. The van der Waals surface area contributed by atoms with Gasteiger partial charge in [0.05, 0.1) is 12.0 Å². The van der Waals surface area contributed by atoms with Crippen LogP contribution in [0.2, 0.25) is 5.02 Å². The summed E-state index contributed by atoms with van der Waals surface area (Å²) in [6, 6.07) is 7.96. The molecule has 1 atom stereocenters. The molecule has 3 heterocycles. The Bertz CT molecular complexity index is 1110. The SMILES string of the molecule is CCOC(=O)N1CCN(c2ncnc3c2c(C2CC2)cn3-c2ccc(Cl)cc2)[C@@H](C)C1. The second-order valence-electron chi connectivity index (χ2n) is 8.29. The number of nitrogens with zero attached hydrogens (tertiary/aromatic N) is 5. The smallest absolute Gasteiger partial charge is 0.409 e. The number of anilines is 1. The van der Waals surface area contributed by atoms with E-state index in [0.717, 1.165) is 22.5 Å². The number of halogens is 1. The van der Waals surface area contributed by atoms with Crippen LogP contribution in [0.3, 0.4) is 0 Å². The lowest BCUT2D eigenvalue weighted by Gasteiger charge is -2.40. The first-order valence-electron chi connectivity index (χ1n) is 10.9. The van der Waals surface area contributed by atoms with Gasteiger partial charge in [0.2, 0.25) is 0 Å². The van der Waals surface area contributed by atoms with Crippen molar-refractivity contribution >= 4 is 34.5 Å². The van der Waals surface area contributed by atoms with E-state index in [9.17, 15) is 4.79 Å². The maximum absolute atomic E-state index is 12.2. The number of piperazine rings is 1. The molecule has 7 nitrogen and oxygen atoms in total. The van der Waals surface area contributed by atoms with Gasteiger partial charge in [0.15, 0.2) is 0 Å². The second kappa shape index (κ2) is 8.04. The summed E-state index contributed by atoms with van der Waals surface area (Å²) < 4.78 is 7.33. The Morgan fingerprint density at radius 1 is 1.19 bits per heavy atom. The highest BCUT2D eigenvalue weighted by molar-refractivity contribution is 6.30. The van der Waals surface area contributed by atoms with Crippen LogP contribution in [0.4, 0.5) is 10.6 Å². The maximum atomic E-state index is 12.2. The number of ether oxygens (including phenoxy) is 1. The third-order valence-corrected chi connectivity index (χ3v) is 6.39. The summed E-state index contributed by atoms with van der Waals surface area (Å²) in [6.45, 7) is 6.30. The van der Waals surface area contributed by atoms with Gasteiger partial charge in [-0.25, -0.2) is 14.8 Å². The standard InChI is InChI=1S/C23H26ClN5O2/c1-3-31-23(30)27-10-11-28(15(2)12-27)21-20-19(16-4-5-16)13-29(22(20)26-14-25-21)18-8-6-17(24)7-9-18/h6-9,13-16H,3-5,10-12H2,1-2H3/t15-/m0/s1. The van der Waals surface area contributed by atoms with Crippen molar-refractivity contribution < 1.29 is 9.53 Å². The molecule has 31 heavy (non-hydrogen) atoms. The van der Waals surface area contributed by atoms with Gasteiger partial charge in [0.25, 0.3) is 0 Å². The fourth-order valence-corrected chi connectivity index (χ4v) is 4.57. The van der Waals surface area contributed by atoms with Crippen molar-refractivity contribution in [3.63, 3.8) is 0 Å². The molecule has 2 fully saturated rings. The van der Waals surface area contributed by atoms with E-state index in [1.165, 1.54) is 18.4 Å². The molecule has 0 unspecified atom stereocenters. The zero-order valence-corrected chi connectivity index (χ0v) is 18.5. The van der Waals surface area contributed by atoms with E-state index in [2.05, 4.69) is 27.6 Å². The highest BCUT2D eigenvalue weighted by atomic mass is 35.5. The summed E-state index contributed by atoms with van der Waals surface area (Å²) in [5.41, 5.74) is 3.25. The fraction of sp³-hybridized carbons (Fsp3) is 0.435. The van der Waals surface area contributed by atoms with Gasteiger partial charge in [-0.3, -0.25) is 0 Å². The first-order valence-corrected chi connectivity index (χ1v) is 11.2. The average molecular weight is 440 g/mol. The van der Waals surface area contributed by atoms with Gasteiger partial charge in [0, 0.05) is 42.6 Å². The number of rotatable bonds is 4. The quantitative estimate of drug-likeness (QED) is 0.593. The average Bonchev–Trinajstić information content (AvgIpc) is 3.54. The molecule has 2 aliphatic rings. The normalized spacial score (nSPS) is 19.1. The Hall–Kier alpha value is -2.80. The number of carbonyl (C=O) groups excluding carboxylic acids is 1. The van der Waals surface area contributed by atoms with E-state index in [0.29, 0.717) is 37.2 Å². The minimum absolute atomic E-state index is 0.127. The van der Waals surface area contributed by atoms with Crippen molar-refractivity contribution in [3.05, 3.63) is 47.4 Å². The predicted molar refractivity (Wildman–Crippen MR) is 121 cm³/mol. The van der Waals surface area contributed by atoms with Gasteiger partial charge in [-0.2, -0.15) is 0 Å². The zero-order chi connectivity index (χ0) is 21.5. The molecule has 1 saturated heterocycles. The van der Waals surface area contributed by atoms with Crippen LogP contribution >= 0.6 is 11.6 Å². The molecule has 1 saturated carbocycles. The lowest BCUT2D eigenvalue weighted by Crippen LogP contribution is -2.54. The number of carbonyl (C=O) groups is 1. The van der Waals surface area contributed by atoms with Crippen molar-refractivity contribution in [2.45, 2.75) is 38.6 Å². The second-order valence-corrected chi connectivity index (χ2v) is 8.72. The number of hydrogen-bond acceptors (Lipinski definition) is 5. The van der Waals surface area contributed by atoms with Gasteiger partial charge in [-0.05, 0) is 62.4 Å². The van der Waals surface area contributed by atoms with E-state index >= 15 is 0 Å². The molecule has 0 N–H and O–H groups in total. The van der Waals surface area contributed by atoms with E-state index < -0.39 is 0 Å². The van der Waals surface area contributed by atoms with Crippen LogP contribution in [0.15, 0.2) is 36.8 Å². The van der Waals surface area contributed by atoms with Crippen molar-refractivity contribution in [3.8, 4) is 5.69 Å². The molecule has 8 heteroatoms. The van der Waals surface area contributed by atoms with Crippen LogP contribution in [0.25, 0.3) is 16.7 Å². The van der Waals surface area contributed by atoms with Crippen LogP contribution in [-0.2, 0) is 4.74 Å². The molecule has 1 aliphatic heterocycles. The van der Waals surface area contributed by atoms with Gasteiger partial charge in [-0.1, -0.05) is 11.6 Å². The Labute approximate surface area is 186 Å². The van der Waals surface area contributed by atoms with E-state index in [1.807, 2.05) is 31.2 Å². The predicted octanol–water partition coefficient (Wildman–Crippen LogP) is 4.62. The third kappa shape index (κ3) is 3.71. The van der Waals surface area contributed by atoms with Crippen molar-refractivity contribution in [1.82, 2.24) is 19.4 Å². The topological polar surface area (TPSA) is 63.5 Å². The first-order chi connectivity index (χ1) is 15.1. The summed E-state index contributed by atoms with van der Waals surface area (Å²) in [7, 11) is 0. The molecule has 0 radical (unpaired) electrons. The fourth-order valence-electron chi connectivity index (χ4n) is 4.45. The highest BCUT2D eigenvalue weighted by Gasteiger charge is 2.34. The van der Waals surface area contributed by atoms with E-state index in [4.69, 9.17) is 21.3 Å². The van der Waals surface area contributed by atoms with E-state index in [-0.39, 0.29) is 12.1 Å². The van der Waals surface area contributed by atoms with Gasteiger partial charge in [0.1, 0.15) is 17.8 Å². The molecule has 1 aromatic carbocycles. The van der Waals surface area contributed by atoms with Gasteiger partial charge >= 0.3 is 6.09 Å². The Morgan fingerprint density at radius 2 is 1.97 bits per heavy atom. The molecule has 1 amide bonds. The number of benzene rings is 1. The number of amides is 1.